The van der Waals surface area contributed by atoms with E-state index >= 15 is 0 Å². The molecule has 0 radical (unpaired) electrons. The monoisotopic (exact) mass is 280 g/mol. The predicted molar refractivity (Wildman–Crippen MR) is 75.8 cm³/mol. The van der Waals surface area contributed by atoms with E-state index < -0.39 is 0 Å². The number of rotatable bonds is 2. The van der Waals surface area contributed by atoms with Crippen LogP contribution >= 0.6 is 11.3 Å². The molecule has 0 atom stereocenters. The van der Waals surface area contributed by atoms with Crippen molar-refractivity contribution in [3.05, 3.63) is 26.6 Å². The van der Waals surface area contributed by atoms with Gasteiger partial charge < -0.3 is 15.2 Å². The maximum absolute atomic E-state index is 12.2. The number of aromatic amines is 1. The smallest absolute Gasteiger partial charge is 0.260 e. The van der Waals surface area contributed by atoms with Gasteiger partial charge in [-0.1, -0.05) is 0 Å². The molecule has 1 saturated heterocycles. The Bertz CT molecular complexity index is 654. The molecule has 3 heterocycles. The zero-order valence-corrected chi connectivity index (χ0v) is 12.2. The van der Waals surface area contributed by atoms with Crippen LogP contribution in [-0.4, -0.2) is 36.1 Å². The van der Waals surface area contributed by atoms with E-state index in [0.717, 1.165) is 41.2 Å². The summed E-state index contributed by atoms with van der Waals surface area (Å²) in [7, 11) is 0. The van der Waals surface area contributed by atoms with Crippen LogP contribution in [0.4, 0.5) is 0 Å². The van der Waals surface area contributed by atoms with Gasteiger partial charge in [0.05, 0.1) is 5.39 Å². The van der Waals surface area contributed by atoms with Crippen molar-refractivity contribution in [3.63, 3.8) is 0 Å². The zero-order chi connectivity index (χ0) is 13.4. The molecule has 5 nitrogen and oxygen atoms in total. The minimum atomic E-state index is 0.0184. The summed E-state index contributed by atoms with van der Waals surface area (Å²) < 4.78 is 0. The first kappa shape index (κ1) is 12.8. The van der Waals surface area contributed by atoms with Gasteiger partial charge in [0, 0.05) is 4.88 Å². The lowest BCUT2D eigenvalue weighted by molar-refractivity contribution is -0.958. The van der Waals surface area contributed by atoms with Gasteiger partial charge in [0.2, 0.25) is 0 Å². The summed E-state index contributed by atoms with van der Waals surface area (Å²) in [6.07, 6.45) is 0. The Morgan fingerprint density at radius 1 is 1.37 bits per heavy atom. The molecule has 0 saturated carbocycles. The van der Waals surface area contributed by atoms with Crippen LogP contribution in [0.3, 0.4) is 0 Å². The van der Waals surface area contributed by atoms with E-state index in [-0.39, 0.29) is 5.56 Å². The number of aryl methyl sites for hydroxylation is 2. The SMILES string of the molecule is Cc1sc2nc(C[NH+]3CC[NH2+]CC3)[nH]c(=O)c2c1C. The highest BCUT2D eigenvalue weighted by Gasteiger charge is 2.18. The lowest BCUT2D eigenvalue weighted by atomic mass is 10.2. The molecule has 1 aliphatic heterocycles. The van der Waals surface area contributed by atoms with Crippen LogP contribution in [0, 0.1) is 13.8 Å². The average Bonchev–Trinajstić information content (AvgIpc) is 2.66. The topological polar surface area (TPSA) is 66.8 Å². The van der Waals surface area contributed by atoms with Crippen LogP contribution in [0.25, 0.3) is 10.2 Å². The Morgan fingerprint density at radius 3 is 2.84 bits per heavy atom. The number of piperazine rings is 1. The maximum Gasteiger partial charge on any atom is 0.260 e. The standard InChI is InChI=1S/C13H18N4OS/c1-8-9(2)19-13-11(8)12(18)15-10(16-13)7-17-5-3-14-4-6-17/h14H,3-7H2,1-2H3,(H,15,16,18)/p+2. The van der Waals surface area contributed by atoms with E-state index in [1.54, 1.807) is 11.3 Å². The van der Waals surface area contributed by atoms with Crippen LogP contribution < -0.4 is 15.8 Å². The normalized spacial score (nSPS) is 17.2. The molecule has 0 aromatic carbocycles. The molecule has 2 aromatic heterocycles. The summed E-state index contributed by atoms with van der Waals surface area (Å²) in [5.41, 5.74) is 1.09. The van der Waals surface area contributed by atoms with Gasteiger partial charge in [0.1, 0.15) is 37.6 Å². The summed E-state index contributed by atoms with van der Waals surface area (Å²) in [5.74, 6) is 0.829. The third-order valence-electron chi connectivity index (χ3n) is 3.91. The number of hydrogen-bond donors (Lipinski definition) is 3. The third-order valence-corrected chi connectivity index (χ3v) is 5.01. The Kier molecular flexibility index (Phi) is 3.38. The highest BCUT2D eigenvalue weighted by atomic mass is 32.1. The molecule has 0 amide bonds. The summed E-state index contributed by atoms with van der Waals surface area (Å²) in [6.45, 7) is 9.49. The zero-order valence-electron chi connectivity index (χ0n) is 11.4. The highest BCUT2D eigenvalue weighted by Crippen LogP contribution is 2.25. The molecule has 3 rings (SSSR count). The molecular formula is C13H20N4OS+2. The maximum atomic E-state index is 12.2. The van der Waals surface area contributed by atoms with Crippen molar-refractivity contribution in [3.8, 4) is 0 Å². The Labute approximate surface area is 115 Å². The van der Waals surface area contributed by atoms with Gasteiger partial charge in [-0.3, -0.25) is 4.79 Å². The molecule has 0 aliphatic carbocycles. The number of hydrogen-bond acceptors (Lipinski definition) is 3. The van der Waals surface area contributed by atoms with Gasteiger partial charge in [-0.25, -0.2) is 4.98 Å². The summed E-state index contributed by atoms with van der Waals surface area (Å²) in [5, 5.41) is 3.11. The molecule has 102 valence electrons. The number of nitrogens with zero attached hydrogens (tertiary/aromatic N) is 1. The number of quaternary nitrogens is 2. The van der Waals surface area contributed by atoms with Gasteiger partial charge in [-0.15, -0.1) is 11.3 Å². The van der Waals surface area contributed by atoms with Gasteiger partial charge in [-0.2, -0.15) is 0 Å². The minimum absolute atomic E-state index is 0.0184. The van der Waals surface area contributed by atoms with Crippen molar-refractivity contribution in [2.24, 2.45) is 0 Å². The number of nitrogens with two attached hydrogens (primary N) is 1. The molecule has 0 spiro atoms. The van der Waals surface area contributed by atoms with Gasteiger partial charge >= 0.3 is 0 Å². The molecule has 19 heavy (non-hydrogen) atoms. The number of H-pyrrole nitrogens is 1. The number of aromatic nitrogens is 2. The van der Waals surface area contributed by atoms with Crippen LogP contribution in [0.5, 0.6) is 0 Å². The van der Waals surface area contributed by atoms with Crippen molar-refractivity contribution in [1.82, 2.24) is 9.97 Å². The predicted octanol–water partition coefficient (Wildman–Crippen LogP) is -1.44. The van der Waals surface area contributed by atoms with Gasteiger partial charge in [0.25, 0.3) is 5.56 Å². The molecule has 2 aromatic rings. The lowest BCUT2D eigenvalue weighted by Gasteiger charge is -2.21. The van der Waals surface area contributed by atoms with Crippen molar-refractivity contribution < 1.29 is 10.2 Å². The average molecular weight is 280 g/mol. The molecule has 0 bridgehead atoms. The van der Waals surface area contributed by atoms with Crippen LogP contribution in [0.15, 0.2) is 4.79 Å². The van der Waals surface area contributed by atoms with Crippen molar-refractivity contribution in [2.45, 2.75) is 20.4 Å². The second-order valence-corrected chi connectivity index (χ2v) is 6.47. The quantitative estimate of drug-likeness (QED) is 0.631. The summed E-state index contributed by atoms with van der Waals surface area (Å²) in [4.78, 5) is 23.4. The minimum Gasteiger partial charge on any atom is -0.337 e. The Balaban J connectivity index is 1.94. The first-order valence-electron chi connectivity index (χ1n) is 6.79. The molecule has 4 N–H and O–H groups in total. The molecule has 1 aliphatic rings. The first-order chi connectivity index (χ1) is 9.15. The lowest BCUT2D eigenvalue weighted by Crippen LogP contribution is -3.19. The van der Waals surface area contributed by atoms with Gasteiger partial charge in [0.15, 0.2) is 5.82 Å². The van der Waals surface area contributed by atoms with Crippen molar-refractivity contribution >= 4 is 21.6 Å². The molecular weight excluding hydrogens is 260 g/mol. The van der Waals surface area contributed by atoms with Crippen molar-refractivity contribution in [2.75, 3.05) is 26.2 Å². The molecule has 0 unspecified atom stereocenters. The number of nitrogens with one attached hydrogen (secondary N) is 2. The molecule has 1 fully saturated rings. The number of thiophene rings is 1. The molecule has 6 heteroatoms. The fourth-order valence-corrected chi connectivity index (χ4v) is 3.73. The van der Waals surface area contributed by atoms with Crippen LogP contribution in [0.1, 0.15) is 16.3 Å². The summed E-state index contributed by atoms with van der Waals surface area (Å²) >= 11 is 1.62. The van der Waals surface area contributed by atoms with Crippen LogP contribution in [0.2, 0.25) is 0 Å². The second kappa shape index (κ2) is 5.03. The Hall–Kier alpha value is -1.24. The van der Waals surface area contributed by atoms with Crippen molar-refractivity contribution in [1.29, 1.82) is 0 Å². The Morgan fingerprint density at radius 2 is 2.11 bits per heavy atom. The van der Waals surface area contributed by atoms with Gasteiger partial charge in [-0.05, 0) is 19.4 Å². The van der Waals surface area contributed by atoms with E-state index in [1.165, 1.54) is 22.9 Å². The number of fused-ring (bicyclic) bond motifs is 1. The third kappa shape index (κ3) is 2.43. The largest absolute Gasteiger partial charge is 0.337 e. The summed E-state index contributed by atoms with van der Waals surface area (Å²) in [6, 6.07) is 0. The second-order valence-electron chi connectivity index (χ2n) is 5.27. The van der Waals surface area contributed by atoms with E-state index in [2.05, 4.69) is 15.3 Å². The fourth-order valence-electron chi connectivity index (χ4n) is 2.68. The fraction of sp³-hybridized carbons (Fsp3) is 0.538. The van der Waals surface area contributed by atoms with E-state index in [9.17, 15) is 4.79 Å². The highest BCUT2D eigenvalue weighted by molar-refractivity contribution is 7.18. The van der Waals surface area contributed by atoms with E-state index in [0.29, 0.717) is 0 Å². The van der Waals surface area contributed by atoms with Crippen LogP contribution in [-0.2, 0) is 6.54 Å². The van der Waals surface area contributed by atoms with E-state index in [4.69, 9.17) is 0 Å². The van der Waals surface area contributed by atoms with E-state index in [1.807, 2.05) is 13.8 Å². The first-order valence-corrected chi connectivity index (χ1v) is 7.61.